The van der Waals surface area contributed by atoms with Gasteiger partial charge in [0.25, 0.3) is 11.5 Å². The Kier molecular flexibility index (Phi) is 5.20. The summed E-state index contributed by atoms with van der Waals surface area (Å²) in [6.07, 6.45) is 6.16. The number of likely N-dealkylation sites (tertiary alicyclic amines) is 1. The second-order valence-electron chi connectivity index (χ2n) is 7.05. The van der Waals surface area contributed by atoms with Crippen molar-refractivity contribution in [3.05, 3.63) is 28.2 Å². The summed E-state index contributed by atoms with van der Waals surface area (Å²) < 4.78 is 1.31. The molecule has 7 nitrogen and oxygen atoms in total. The lowest BCUT2D eigenvalue weighted by atomic mass is 9.84. The number of nitrogens with zero attached hydrogens (tertiary/aromatic N) is 3. The van der Waals surface area contributed by atoms with E-state index in [9.17, 15) is 19.5 Å². The molecule has 0 bridgehead atoms. The Bertz CT molecular complexity index is 715. The molecule has 1 saturated carbocycles. The van der Waals surface area contributed by atoms with Crippen molar-refractivity contribution in [2.75, 3.05) is 0 Å². The molecule has 0 aromatic carbocycles. The summed E-state index contributed by atoms with van der Waals surface area (Å²) in [7, 11) is 0. The smallest absolute Gasteiger partial charge is 0.326 e. The predicted octanol–water partition coefficient (Wildman–Crippen LogP) is 1.90. The summed E-state index contributed by atoms with van der Waals surface area (Å²) in [6, 6.07) is 1.95. The van der Waals surface area contributed by atoms with Crippen LogP contribution in [0.2, 0.25) is 0 Å². The van der Waals surface area contributed by atoms with E-state index in [0.717, 1.165) is 38.5 Å². The minimum absolute atomic E-state index is 0.0276. The summed E-state index contributed by atoms with van der Waals surface area (Å²) in [5, 5.41) is 13.8. The summed E-state index contributed by atoms with van der Waals surface area (Å²) in [4.78, 5) is 38.1. The Hall–Kier alpha value is -2.18. The van der Waals surface area contributed by atoms with Gasteiger partial charge in [-0.1, -0.05) is 26.2 Å². The fourth-order valence-electron chi connectivity index (χ4n) is 4.14. The topological polar surface area (TPSA) is 92.5 Å². The van der Waals surface area contributed by atoms with Crippen LogP contribution >= 0.6 is 0 Å². The monoisotopic (exact) mass is 347 g/mol. The second-order valence-corrected chi connectivity index (χ2v) is 7.05. The summed E-state index contributed by atoms with van der Waals surface area (Å²) >= 11 is 0. The quantitative estimate of drug-likeness (QED) is 0.878. The van der Waals surface area contributed by atoms with Gasteiger partial charge in [-0.2, -0.15) is 5.10 Å². The first-order chi connectivity index (χ1) is 12.0. The minimum Gasteiger partial charge on any atom is -0.480 e. The Labute approximate surface area is 146 Å². The van der Waals surface area contributed by atoms with Crippen molar-refractivity contribution in [3.63, 3.8) is 0 Å². The van der Waals surface area contributed by atoms with E-state index in [2.05, 4.69) is 5.10 Å². The SMILES string of the molecule is CCCCn1nc(C(=O)N2[C@@H]3CCCC[C@H]3C[C@H]2C(=O)O)ccc1=O. The number of carboxylic acid groups (broad SMARTS) is 1. The molecule has 1 aromatic rings. The fraction of sp³-hybridized carbons (Fsp3) is 0.667. The lowest BCUT2D eigenvalue weighted by Crippen LogP contribution is -2.47. The highest BCUT2D eigenvalue weighted by Crippen LogP contribution is 2.40. The molecule has 2 heterocycles. The van der Waals surface area contributed by atoms with Crippen molar-refractivity contribution in [1.82, 2.24) is 14.7 Å². The van der Waals surface area contributed by atoms with Crippen LogP contribution in [0.1, 0.15) is 62.4 Å². The Morgan fingerprint density at radius 2 is 2.04 bits per heavy atom. The zero-order valence-corrected chi connectivity index (χ0v) is 14.6. The number of aromatic nitrogens is 2. The van der Waals surface area contributed by atoms with E-state index in [1.807, 2.05) is 6.92 Å². The Morgan fingerprint density at radius 3 is 2.76 bits per heavy atom. The lowest BCUT2D eigenvalue weighted by Gasteiger charge is -2.32. The molecule has 0 radical (unpaired) electrons. The van der Waals surface area contributed by atoms with Crippen molar-refractivity contribution < 1.29 is 14.7 Å². The van der Waals surface area contributed by atoms with Crippen LogP contribution in [0.25, 0.3) is 0 Å². The molecule has 0 unspecified atom stereocenters. The van der Waals surface area contributed by atoms with Crippen LogP contribution in [0.4, 0.5) is 0 Å². The van der Waals surface area contributed by atoms with E-state index in [1.165, 1.54) is 21.7 Å². The van der Waals surface area contributed by atoms with Crippen LogP contribution in [0.3, 0.4) is 0 Å². The van der Waals surface area contributed by atoms with Crippen LogP contribution in [-0.4, -0.2) is 43.7 Å². The first-order valence-electron chi connectivity index (χ1n) is 9.16. The first-order valence-corrected chi connectivity index (χ1v) is 9.16. The van der Waals surface area contributed by atoms with Gasteiger partial charge < -0.3 is 10.0 Å². The molecule has 3 atom stereocenters. The molecule has 1 aliphatic carbocycles. The molecule has 1 saturated heterocycles. The highest BCUT2D eigenvalue weighted by molar-refractivity contribution is 5.95. The molecule has 0 spiro atoms. The normalized spacial score (nSPS) is 25.6. The van der Waals surface area contributed by atoms with Crippen molar-refractivity contribution >= 4 is 11.9 Å². The van der Waals surface area contributed by atoms with Gasteiger partial charge in [0, 0.05) is 18.7 Å². The van der Waals surface area contributed by atoms with Gasteiger partial charge in [-0.25, -0.2) is 9.48 Å². The standard InChI is InChI=1S/C18H25N3O4/c1-2-3-10-20-16(22)9-8-13(19-20)17(23)21-14-7-5-4-6-12(14)11-15(21)18(24)25/h8-9,12,14-15H,2-7,10-11H2,1H3,(H,24,25)/t12-,14+,15-/m0/s1. The number of aliphatic carboxylic acids is 1. The molecule has 1 aliphatic heterocycles. The molecular weight excluding hydrogens is 322 g/mol. The first kappa shape index (κ1) is 17.6. The molecule has 3 rings (SSSR count). The number of amides is 1. The van der Waals surface area contributed by atoms with Gasteiger partial charge in [0.2, 0.25) is 0 Å². The third-order valence-corrected chi connectivity index (χ3v) is 5.42. The summed E-state index contributed by atoms with van der Waals surface area (Å²) in [5.74, 6) is -1.07. The molecule has 2 aliphatic rings. The average molecular weight is 347 g/mol. The van der Waals surface area contributed by atoms with Gasteiger partial charge in [-0.3, -0.25) is 9.59 Å². The fourth-order valence-corrected chi connectivity index (χ4v) is 4.14. The molecule has 2 fully saturated rings. The van der Waals surface area contributed by atoms with Gasteiger partial charge in [-0.05, 0) is 37.7 Å². The Morgan fingerprint density at radius 1 is 1.28 bits per heavy atom. The van der Waals surface area contributed by atoms with Crippen molar-refractivity contribution in [2.24, 2.45) is 5.92 Å². The number of carbonyl (C=O) groups is 2. The lowest BCUT2D eigenvalue weighted by molar-refractivity contribution is -0.141. The van der Waals surface area contributed by atoms with E-state index < -0.39 is 12.0 Å². The van der Waals surface area contributed by atoms with E-state index in [1.54, 1.807) is 0 Å². The highest BCUT2D eigenvalue weighted by Gasteiger charge is 2.48. The minimum atomic E-state index is -0.956. The van der Waals surface area contributed by atoms with E-state index in [-0.39, 0.29) is 29.1 Å². The third-order valence-electron chi connectivity index (χ3n) is 5.42. The van der Waals surface area contributed by atoms with E-state index >= 15 is 0 Å². The summed E-state index contributed by atoms with van der Waals surface area (Å²) in [5.41, 5.74) is -0.0788. The van der Waals surface area contributed by atoms with Crippen LogP contribution in [0, 0.1) is 5.92 Å². The number of carboxylic acids is 1. The number of rotatable bonds is 5. The van der Waals surface area contributed by atoms with Gasteiger partial charge in [-0.15, -0.1) is 0 Å². The maximum Gasteiger partial charge on any atom is 0.326 e. The van der Waals surface area contributed by atoms with Crippen molar-refractivity contribution in [2.45, 2.75) is 70.5 Å². The van der Waals surface area contributed by atoms with E-state index in [4.69, 9.17) is 0 Å². The van der Waals surface area contributed by atoms with Gasteiger partial charge in [0.1, 0.15) is 11.7 Å². The molecule has 7 heteroatoms. The number of unbranched alkanes of at least 4 members (excludes halogenated alkanes) is 1. The zero-order chi connectivity index (χ0) is 18.0. The number of hydrogen-bond donors (Lipinski definition) is 1. The van der Waals surface area contributed by atoms with Crippen molar-refractivity contribution in [1.29, 1.82) is 0 Å². The zero-order valence-electron chi connectivity index (χ0n) is 14.6. The largest absolute Gasteiger partial charge is 0.480 e. The molecule has 25 heavy (non-hydrogen) atoms. The van der Waals surface area contributed by atoms with Gasteiger partial charge in [0.15, 0.2) is 0 Å². The molecule has 136 valence electrons. The van der Waals surface area contributed by atoms with Crippen molar-refractivity contribution in [3.8, 4) is 0 Å². The molecule has 1 amide bonds. The number of hydrogen-bond acceptors (Lipinski definition) is 4. The van der Waals surface area contributed by atoms with Crippen LogP contribution in [-0.2, 0) is 11.3 Å². The predicted molar refractivity (Wildman–Crippen MR) is 91.4 cm³/mol. The Balaban J connectivity index is 1.89. The van der Waals surface area contributed by atoms with Gasteiger partial charge in [0.05, 0.1) is 0 Å². The average Bonchev–Trinajstić information content (AvgIpc) is 3.00. The third kappa shape index (κ3) is 3.45. The van der Waals surface area contributed by atoms with E-state index in [0.29, 0.717) is 13.0 Å². The van der Waals surface area contributed by atoms with Gasteiger partial charge >= 0.3 is 5.97 Å². The van der Waals surface area contributed by atoms with Crippen LogP contribution < -0.4 is 5.56 Å². The summed E-state index contributed by atoms with van der Waals surface area (Å²) in [6.45, 7) is 2.48. The second kappa shape index (κ2) is 7.37. The number of carbonyl (C=O) groups excluding carboxylic acids is 1. The molecule has 1 N–H and O–H groups in total. The number of aryl methyl sites for hydroxylation is 1. The number of fused-ring (bicyclic) bond motifs is 1. The maximum atomic E-state index is 13.0. The molecular formula is C18H25N3O4. The highest BCUT2D eigenvalue weighted by atomic mass is 16.4. The van der Waals surface area contributed by atoms with Crippen LogP contribution in [0.15, 0.2) is 16.9 Å². The maximum absolute atomic E-state index is 13.0. The molecule has 1 aromatic heterocycles. The van der Waals surface area contributed by atoms with Crippen LogP contribution in [0.5, 0.6) is 0 Å².